The summed E-state index contributed by atoms with van der Waals surface area (Å²) in [5, 5.41) is 0. The van der Waals surface area contributed by atoms with Crippen molar-refractivity contribution < 1.29 is 0 Å². The maximum Gasteiger partial charge on any atom is 0.106 e. The van der Waals surface area contributed by atoms with Crippen molar-refractivity contribution in [3.8, 4) is 0 Å². The standard InChI is InChI=1S/C6H8N2/c1-4-2-6-7-3-5(4)8-6/h3-4H,2H2,1H3,(H,7,8). The molecule has 0 saturated carbocycles. The molecular formula is C6H8N2. The van der Waals surface area contributed by atoms with Gasteiger partial charge in [0.05, 0.1) is 0 Å². The van der Waals surface area contributed by atoms with Crippen molar-refractivity contribution in [2.24, 2.45) is 0 Å². The van der Waals surface area contributed by atoms with E-state index in [4.69, 9.17) is 0 Å². The van der Waals surface area contributed by atoms with Gasteiger partial charge in [-0.3, -0.25) is 0 Å². The lowest BCUT2D eigenvalue weighted by molar-refractivity contribution is 0.758. The molecule has 2 nitrogen and oxygen atoms in total. The van der Waals surface area contributed by atoms with Gasteiger partial charge < -0.3 is 4.98 Å². The van der Waals surface area contributed by atoms with Gasteiger partial charge in [-0.1, -0.05) is 6.92 Å². The van der Waals surface area contributed by atoms with Crippen LogP contribution >= 0.6 is 0 Å². The number of rotatable bonds is 0. The molecule has 0 spiro atoms. The highest BCUT2D eigenvalue weighted by Gasteiger charge is 2.17. The molecule has 0 fully saturated rings. The Balaban J connectivity index is 2.55. The molecule has 1 atom stereocenters. The van der Waals surface area contributed by atoms with Crippen LogP contribution in [0.4, 0.5) is 0 Å². The number of fused-ring (bicyclic) bond motifs is 2. The number of nitrogens with one attached hydrogen (secondary N) is 1. The summed E-state index contributed by atoms with van der Waals surface area (Å²) in [4.78, 5) is 7.29. The van der Waals surface area contributed by atoms with Crippen LogP contribution in [0.25, 0.3) is 0 Å². The molecule has 42 valence electrons. The number of aromatic nitrogens is 2. The van der Waals surface area contributed by atoms with Gasteiger partial charge in [0, 0.05) is 24.2 Å². The van der Waals surface area contributed by atoms with Crippen LogP contribution in [0.3, 0.4) is 0 Å². The molecule has 0 radical (unpaired) electrons. The zero-order chi connectivity index (χ0) is 5.56. The van der Waals surface area contributed by atoms with E-state index in [-0.39, 0.29) is 0 Å². The van der Waals surface area contributed by atoms with Crippen LogP contribution < -0.4 is 0 Å². The Hall–Kier alpha value is -0.790. The highest BCUT2D eigenvalue weighted by Crippen LogP contribution is 2.23. The van der Waals surface area contributed by atoms with E-state index in [9.17, 15) is 0 Å². The smallest absolute Gasteiger partial charge is 0.106 e. The third-order valence-corrected chi connectivity index (χ3v) is 1.68. The minimum atomic E-state index is 0.697. The Bertz CT molecular complexity index is 202. The Labute approximate surface area is 47.9 Å². The van der Waals surface area contributed by atoms with E-state index < -0.39 is 0 Å². The second-order valence-corrected chi connectivity index (χ2v) is 2.39. The maximum absolute atomic E-state index is 4.10. The number of imidazole rings is 1. The second-order valence-electron chi connectivity index (χ2n) is 2.39. The van der Waals surface area contributed by atoms with Gasteiger partial charge in [-0.15, -0.1) is 0 Å². The summed E-state index contributed by atoms with van der Waals surface area (Å²) in [6, 6.07) is 0. The Morgan fingerprint density at radius 3 is 3.00 bits per heavy atom. The van der Waals surface area contributed by atoms with Crippen molar-refractivity contribution in [2.75, 3.05) is 0 Å². The molecule has 1 aliphatic heterocycles. The summed E-state index contributed by atoms with van der Waals surface area (Å²) in [5.41, 5.74) is 1.29. The first-order valence-electron chi connectivity index (χ1n) is 2.90. The fraction of sp³-hybridized carbons (Fsp3) is 0.500. The van der Waals surface area contributed by atoms with Gasteiger partial charge in [0.15, 0.2) is 0 Å². The average molecular weight is 108 g/mol. The summed E-state index contributed by atoms with van der Waals surface area (Å²) in [7, 11) is 0. The zero-order valence-electron chi connectivity index (χ0n) is 4.81. The van der Waals surface area contributed by atoms with Crippen molar-refractivity contribution >= 4 is 0 Å². The molecular weight excluding hydrogens is 100 g/mol. The topological polar surface area (TPSA) is 28.7 Å². The molecule has 0 aromatic carbocycles. The van der Waals surface area contributed by atoms with Crippen LogP contribution in [-0.2, 0) is 6.42 Å². The first-order valence-corrected chi connectivity index (χ1v) is 2.90. The van der Waals surface area contributed by atoms with Crippen LogP contribution in [0.5, 0.6) is 0 Å². The van der Waals surface area contributed by atoms with E-state index in [1.165, 1.54) is 5.69 Å². The minimum Gasteiger partial charge on any atom is -0.346 e. The largest absolute Gasteiger partial charge is 0.346 e. The number of hydrogen-bond donors (Lipinski definition) is 1. The predicted octanol–water partition coefficient (Wildman–Crippen LogP) is 1.07. The molecule has 1 aliphatic rings. The third kappa shape index (κ3) is 0.351. The van der Waals surface area contributed by atoms with E-state index in [0.29, 0.717) is 5.92 Å². The van der Waals surface area contributed by atoms with Crippen molar-refractivity contribution in [3.63, 3.8) is 0 Å². The normalized spacial score (nSPS) is 24.4. The molecule has 8 heavy (non-hydrogen) atoms. The fourth-order valence-electron chi connectivity index (χ4n) is 1.13. The van der Waals surface area contributed by atoms with Crippen LogP contribution in [0.2, 0.25) is 0 Å². The molecule has 0 saturated heterocycles. The highest BCUT2D eigenvalue weighted by atomic mass is 14.9. The first kappa shape index (κ1) is 4.13. The summed E-state index contributed by atoms with van der Waals surface area (Å²) in [5.74, 6) is 1.84. The lowest BCUT2D eigenvalue weighted by atomic mass is 10.1. The summed E-state index contributed by atoms with van der Waals surface area (Å²) in [6.07, 6.45) is 3.04. The first-order chi connectivity index (χ1) is 3.86. The van der Waals surface area contributed by atoms with Gasteiger partial charge >= 0.3 is 0 Å². The Morgan fingerprint density at radius 2 is 2.75 bits per heavy atom. The van der Waals surface area contributed by atoms with Gasteiger partial charge in [-0.25, -0.2) is 4.98 Å². The van der Waals surface area contributed by atoms with E-state index in [0.717, 1.165) is 12.2 Å². The molecule has 2 heterocycles. The van der Waals surface area contributed by atoms with Gasteiger partial charge in [0.25, 0.3) is 0 Å². The highest BCUT2D eigenvalue weighted by molar-refractivity contribution is 5.15. The molecule has 2 bridgehead atoms. The number of aromatic amines is 1. The van der Waals surface area contributed by atoms with Gasteiger partial charge in [-0.2, -0.15) is 0 Å². The van der Waals surface area contributed by atoms with Crippen molar-refractivity contribution in [1.82, 2.24) is 9.97 Å². The maximum atomic E-state index is 4.10. The zero-order valence-corrected chi connectivity index (χ0v) is 4.81. The van der Waals surface area contributed by atoms with Gasteiger partial charge in [-0.05, 0) is 0 Å². The minimum absolute atomic E-state index is 0.697. The Kier molecular flexibility index (Phi) is 0.583. The summed E-state index contributed by atoms with van der Waals surface area (Å²) < 4.78 is 0. The molecule has 2 rings (SSSR count). The van der Waals surface area contributed by atoms with Crippen LogP contribution in [0, 0.1) is 0 Å². The number of nitrogens with zero attached hydrogens (tertiary/aromatic N) is 1. The lowest BCUT2D eigenvalue weighted by Gasteiger charge is -1.99. The fourth-order valence-corrected chi connectivity index (χ4v) is 1.13. The predicted molar refractivity (Wildman–Crippen MR) is 30.7 cm³/mol. The van der Waals surface area contributed by atoms with Crippen molar-refractivity contribution in [1.29, 1.82) is 0 Å². The molecule has 1 unspecified atom stereocenters. The van der Waals surface area contributed by atoms with E-state index in [2.05, 4.69) is 16.9 Å². The van der Waals surface area contributed by atoms with Crippen LogP contribution in [0.15, 0.2) is 6.20 Å². The summed E-state index contributed by atoms with van der Waals surface area (Å²) >= 11 is 0. The van der Waals surface area contributed by atoms with E-state index >= 15 is 0 Å². The molecule has 2 heteroatoms. The summed E-state index contributed by atoms with van der Waals surface area (Å²) in [6.45, 7) is 2.21. The number of H-pyrrole nitrogens is 1. The third-order valence-electron chi connectivity index (χ3n) is 1.68. The lowest BCUT2D eigenvalue weighted by Crippen LogP contribution is -1.93. The van der Waals surface area contributed by atoms with Crippen LogP contribution in [-0.4, -0.2) is 9.97 Å². The molecule has 0 aliphatic carbocycles. The van der Waals surface area contributed by atoms with Crippen molar-refractivity contribution in [2.45, 2.75) is 19.3 Å². The van der Waals surface area contributed by atoms with Crippen molar-refractivity contribution in [3.05, 3.63) is 17.7 Å². The van der Waals surface area contributed by atoms with Gasteiger partial charge in [0.2, 0.25) is 0 Å². The number of hydrogen-bond acceptors (Lipinski definition) is 1. The molecule has 0 amide bonds. The molecule has 1 N–H and O–H groups in total. The molecule has 1 aromatic rings. The quantitative estimate of drug-likeness (QED) is 0.529. The monoisotopic (exact) mass is 108 g/mol. The second kappa shape index (κ2) is 1.13. The van der Waals surface area contributed by atoms with E-state index in [1.807, 2.05) is 6.20 Å². The van der Waals surface area contributed by atoms with Gasteiger partial charge in [0.1, 0.15) is 5.82 Å². The Morgan fingerprint density at radius 1 is 1.88 bits per heavy atom. The van der Waals surface area contributed by atoms with Crippen LogP contribution in [0.1, 0.15) is 24.4 Å². The SMILES string of the molecule is CC1Cc2ncc1[nH]2. The average Bonchev–Trinajstić information content (AvgIpc) is 2.23. The molecule has 1 aromatic heterocycles. The van der Waals surface area contributed by atoms with E-state index in [1.54, 1.807) is 0 Å².